The smallest absolute Gasteiger partial charge is 0.247 e. The van der Waals surface area contributed by atoms with Crippen LogP contribution in [-0.2, 0) is 28.8 Å². The van der Waals surface area contributed by atoms with Crippen LogP contribution in [0.2, 0.25) is 0 Å². The first-order valence-electron chi connectivity index (χ1n) is 17.8. The van der Waals surface area contributed by atoms with Crippen molar-refractivity contribution in [3.05, 3.63) is 36.6 Å². The molecule has 2 saturated heterocycles. The Labute approximate surface area is 296 Å². The van der Waals surface area contributed by atoms with Crippen LogP contribution in [0.15, 0.2) is 36.6 Å². The fourth-order valence-electron chi connectivity index (χ4n) is 5.77. The van der Waals surface area contributed by atoms with Crippen LogP contribution in [0.25, 0.3) is 0 Å². The highest BCUT2D eigenvalue weighted by molar-refractivity contribution is 5.94. The average molecular weight is 702 g/mol. The number of hydrogen-bond acceptors (Lipinski definition) is 9. The van der Waals surface area contributed by atoms with E-state index in [0.29, 0.717) is 6.42 Å². The van der Waals surface area contributed by atoms with E-state index in [1.54, 1.807) is 17.1 Å². The van der Waals surface area contributed by atoms with E-state index in [0.717, 1.165) is 51.0 Å². The Kier molecular flexibility index (Phi) is 18.6. The van der Waals surface area contributed by atoms with Crippen molar-refractivity contribution in [3.63, 3.8) is 0 Å². The van der Waals surface area contributed by atoms with E-state index in [4.69, 9.17) is 0 Å². The number of ketones is 1. The predicted molar refractivity (Wildman–Crippen MR) is 191 cm³/mol. The van der Waals surface area contributed by atoms with Crippen LogP contribution in [0, 0.1) is 5.92 Å². The zero-order valence-electron chi connectivity index (χ0n) is 30.4. The molecule has 5 atom stereocenters. The second kappa shape index (κ2) is 22.0. The quantitative estimate of drug-likeness (QED) is 0.0699. The van der Waals surface area contributed by atoms with Crippen molar-refractivity contribution in [3.8, 4) is 0 Å². The van der Waals surface area contributed by atoms with E-state index < -0.39 is 53.3 Å². The number of amides is 5. The Morgan fingerprint density at radius 3 is 2.36 bits per heavy atom. The second-order valence-electron chi connectivity index (χ2n) is 14.1. The van der Waals surface area contributed by atoms with E-state index in [1.807, 2.05) is 40.7 Å². The molecular weight excluding hydrogens is 642 g/mol. The minimum atomic E-state index is -1.18. The fourth-order valence-corrected chi connectivity index (χ4v) is 5.77. The van der Waals surface area contributed by atoms with Crippen LogP contribution in [0.1, 0.15) is 92.4 Å². The number of Topliss-reactive ketones (excluding diaryl/α,β-unsaturated/α-hetero) is 1. The third kappa shape index (κ3) is 17.2. The maximum absolute atomic E-state index is 13.4. The number of aliphatic hydroxyl groups excluding tert-OH is 1. The highest BCUT2D eigenvalue weighted by Crippen LogP contribution is 2.18. The standard InChI is InChI=1S/C36H59N7O7/c1-25(2)19-29-35(50)41-30(34(49)39-21-27-20-28(45)23-43(24-33(48)40-29)36(4,5)42-27)22-38-32(47)17-18-37-31(46)16-14-12-10-8-6-7-9-11-13-15-26(3)44/h10,12,14,16-18,25-27,29-30,42,44H,6-9,11,13,15,19-24H2,1-5H3,(H,37,46)(H,38,47)(H,39,49)(H,40,48)(H,41,50)/b12-10+,16-14+,18-17+. The zero-order valence-corrected chi connectivity index (χ0v) is 30.4. The molecule has 0 radical (unpaired) electrons. The Hall–Kier alpha value is -3.88. The Bertz CT molecular complexity index is 1250. The Morgan fingerprint density at radius 1 is 0.920 bits per heavy atom. The van der Waals surface area contributed by atoms with Gasteiger partial charge in [0.15, 0.2) is 0 Å². The van der Waals surface area contributed by atoms with Gasteiger partial charge in [-0.3, -0.25) is 39.0 Å². The van der Waals surface area contributed by atoms with Gasteiger partial charge in [0, 0.05) is 43.9 Å². The molecule has 2 fully saturated rings. The van der Waals surface area contributed by atoms with E-state index in [2.05, 4.69) is 31.9 Å². The highest BCUT2D eigenvalue weighted by Gasteiger charge is 2.37. The van der Waals surface area contributed by atoms with Gasteiger partial charge in [-0.1, -0.05) is 57.8 Å². The molecule has 2 bridgehead atoms. The number of nitrogens with zero attached hydrogens (tertiary/aromatic N) is 1. The summed E-state index contributed by atoms with van der Waals surface area (Å²) in [5.74, 6) is -2.65. The first-order valence-corrected chi connectivity index (χ1v) is 17.8. The lowest BCUT2D eigenvalue weighted by molar-refractivity contribution is -0.133. The Balaban J connectivity index is 1.94. The molecule has 280 valence electrons. The molecule has 0 aromatic rings. The van der Waals surface area contributed by atoms with Crippen molar-refractivity contribution in [2.75, 3.05) is 26.2 Å². The van der Waals surface area contributed by atoms with E-state index in [1.165, 1.54) is 12.3 Å². The summed E-state index contributed by atoms with van der Waals surface area (Å²) in [7, 11) is 0. The molecule has 0 spiro atoms. The molecule has 0 aliphatic carbocycles. The topological polar surface area (TPSA) is 198 Å². The molecule has 5 amide bonds. The van der Waals surface area contributed by atoms with Gasteiger partial charge in [0.1, 0.15) is 17.9 Å². The number of aliphatic hydroxyl groups is 1. The van der Waals surface area contributed by atoms with Gasteiger partial charge in [0.05, 0.1) is 24.9 Å². The number of fused-ring (bicyclic) bond motifs is 3. The van der Waals surface area contributed by atoms with Crippen LogP contribution < -0.4 is 31.9 Å². The molecule has 2 aliphatic heterocycles. The molecule has 0 aromatic heterocycles. The van der Waals surface area contributed by atoms with Gasteiger partial charge in [0.2, 0.25) is 29.5 Å². The minimum absolute atomic E-state index is 0.0366. The molecule has 14 nitrogen and oxygen atoms in total. The molecule has 50 heavy (non-hydrogen) atoms. The SMILES string of the molecule is CC(C)CC1NC(=O)CN2CC(=O)CC(CNC(=O)C(CNC(=O)/C=C/NC(=O)/C=C/C=C/CCCCCCCC(C)O)NC1=O)NC2(C)C. The molecule has 5 unspecified atom stereocenters. The molecule has 2 rings (SSSR count). The largest absolute Gasteiger partial charge is 0.393 e. The Morgan fingerprint density at radius 2 is 1.64 bits per heavy atom. The van der Waals surface area contributed by atoms with Gasteiger partial charge in [-0.2, -0.15) is 0 Å². The second-order valence-corrected chi connectivity index (χ2v) is 14.1. The van der Waals surface area contributed by atoms with Crippen molar-refractivity contribution >= 4 is 35.3 Å². The van der Waals surface area contributed by atoms with Gasteiger partial charge in [-0.15, -0.1) is 0 Å². The van der Waals surface area contributed by atoms with Crippen LogP contribution in [0.4, 0.5) is 0 Å². The van der Waals surface area contributed by atoms with E-state index in [9.17, 15) is 33.9 Å². The van der Waals surface area contributed by atoms with Crippen LogP contribution in [-0.4, -0.2) is 101 Å². The average Bonchev–Trinajstić information content (AvgIpc) is 3.13. The number of rotatable bonds is 16. The van der Waals surface area contributed by atoms with Gasteiger partial charge in [0.25, 0.3) is 0 Å². The van der Waals surface area contributed by atoms with E-state index in [-0.39, 0.29) is 50.4 Å². The van der Waals surface area contributed by atoms with Crippen molar-refractivity contribution in [1.29, 1.82) is 0 Å². The number of carbonyl (C=O) groups is 6. The van der Waals surface area contributed by atoms with Gasteiger partial charge < -0.3 is 31.7 Å². The molecule has 7 N–H and O–H groups in total. The lowest BCUT2D eigenvalue weighted by Crippen LogP contribution is -2.63. The summed E-state index contributed by atoms with van der Waals surface area (Å²) in [5, 5.41) is 25.9. The van der Waals surface area contributed by atoms with Crippen molar-refractivity contribution in [2.45, 2.75) is 122 Å². The number of allylic oxidation sites excluding steroid dienone is 3. The lowest BCUT2D eigenvalue weighted by atomic mass is 10.0. The molecule has 2 heterocycles. The van der Waals surface area contributed by atoms with Gasteiger partial charge in [-0.05, 0) is 52.4 Å². The summed E-state index contributed by atoms with van der Waals surface area (Å²) in [6, 6.07) is -2.55. The van der Waals surface area contributed by atoms with Crippen molar-refractivity contribution in [2.24, 2.45) is 5.92 Å². The first kappa shape index (κ1) is 42.3. The molecule has 0 saturated carbocycles. The van der Waals surface area contributed by atoms with Crippen LogP contribution in [0.3, 0.4) is 0 Å². The van der Waals surface area contributed by atoms with E-state index >= 15 is 0 Å². The summed E-state index contributed by atoms with van der Waals surface area (Å²) in [6.07, 6.45) is 16.5. The zero-order chi connectivity index (χ0) is 37.1. The summed E-state index contributed by atoms with van der Waals surface area (Å²) >= 11 is 0. The number of unbranched alkanes of at least 4 members (excludes halogenated alkanes) is 5. The minimum Gasteiger partial charge on any atom is -0.393 e. The molecule has 0 aromatic carbocycles. The summed E-state index contributed by atoms with van der Waals surface area (Å²) in [4.78, 5) is 78.9. The van der Waals surface area contributed by atoms with Crippen LogP contribution in [0.5, 0.6) is 0 Å². The van der Waals surface area contributed by atoms with Crippen LogP contribution >= 0.6 is 0 Å². The van der Waals surface area contributed by atoms with Gasteiger partial charge >= 0.3 is 0 Å². The summed E-state index contributed by atoms with van der Waals surface area (Å²) < 4.78 is 0. The van der Waals surface area contributed by atoms with Crippen molar-refractivity contribution in [1.82, 2.24) is 36.8 Å². The monoisotopic (exact) mass is 701 g/mol. The predicted octanol–water partition coefficient (Wildman–Crippen LogP) is 1.07. The maximum Gasteiger partial charge on any atom is 0.247 e. The molecule has 2 aliphatic rings. The third-order valence-corrected chi connectivity index (χ3v) is 8.47. The number of nitrogens with one attached hydrogen (secondary N) is 6. The maximum atomic E-state index is 13.4. The highest BCUT2D eigenvalue weighted by atomic mass is 16.3. The lowest BCUT2D eigenvalue weighted by Gasteiger charge is -2.39. The molecular formula is C36H59N7O7. The van der Waals surface area contributed by atoms with Gasteiger partial charge in [-0.25, -0.2) is 0 Å². The first-order chi connectivity index (χ1) is 23.7. The number of hydrogen-bond donors (Lipinski definition) is 7. The third-order valence-electron chi connectivity index (χ3n) is 8.47. The molecule has 14 heteroatoms. The van der Waals surface area contributed by atoms with Crippen molar-refractivity contribution < 1.29 is 33.9 Å². The summed E-state index contributed by atoms with van der Waals surface area (Å²) in [6.45, 7) is 9.09. The number of carbonyl (C=O) groups excluding carboxylic acids is 6. The fraction of sp³-hybridized carbons (Fsp3) is 0.667. The summed E-state index contributed by atoms with van der Waals surface area (Å²) in [5.41, 5.74) is -0.749. The normalized spacial score (nSPS) is 24.1.